The molecule has 0 unspecified atom stereocenters. The molecule has 58 valence electrons. The van der Waals surface area contributed by atoms with Crippen molar-refractivity contribution < 1.29 is 19.5 Å². The zero-order valence-corrected chi connectivity index (χ0v) is 5.27. The van der Waals surface area contributed by atoms with Crippen molar-refractivity contribution in [3.8, 4) is 6.19 Å². The Bertz CT molecular complexity index is 227. The maximum atomic E-state index is 10.3. The minimum atomic E-state index is -1.26. The summed E-state index contributed by atoms with van der Waals surface area (Å²) in [6.45, 7) is 0. The van der Waals surface area contributed by atoms with Crippen molar-refractivity contribution in [1.29, 1.82) is 5.26 Å². The minimum Gasteiger partial charge on any atom is -0.478 e. The van der Waals surface area contributed by atoms with E-state index in [0.717, 1.165) is 0 Å². The summed E-state index contributed by atoms with van der Waals surface area (Å²) in [7, 11) is 0. The van der Waals surface area contributed by atoms with E-state index in [9.17, 15) is 9.59 Å². The number of nitrogens with zero attached hydrogens (tertiary/aromatic N) is 1. The number of hydroxylamine groups is 1. The molecule has 0 bridgehead atoms. The van der Waals surface area contributed by atoms with Crippen molar-refractivity contribution in [2.24, 2.45) is 0 Å². The van der Waals surface area contributed by atoms with E-state index in [-0.39, 0.29) is 0 Å². The highest BCUT2D eigenvalue weighted by molar-refractivity contribution is 5.90. The molecule has 0 fully saturated rings. The van der Waals surface area contributed by atoms with Gasteiger partial charge >= 0.3 is 11.9 Å². The third kappa shape index (κ3) is 5.85. The second kappa shape index (κ2) is 4.81. The zero-order chi connectivity index (χ0) is 8.69. The quantitative estimate of drug-likeness (QED) is 0.239. The SMILES string of the molecule is N#CNOC(=O)/C=C\C(=O)O. The van der Waals surface area contributed by atoms with Crippen molar-refractivity contribution in [2.45, 2.75) is 0 Å². The molecule has 0 aromatic heterocycles. The van der Waals surface area contributed by atoms with Gasteiger partial charge in [-0.1, -0.05) is 0 Å². The molecule has 0 heterocycles. The van der Waals surface area contributed by atoms with Crippen LogP contribution in [0, 0.1) is 11.5 Å². The van der Waals surface area contributed by atoms with Crippen molar-refractivity contribution in [2.75, 3.05) is 0 Å². The van der Waals surface area contributed by atoms with E-state index >= 15 is 0 Å². The van der Waals surface area contributed by atoms with Crippen LogP contribution in [0.4, 0.5) is 0 Å². The number of hydrogen-bond donors (Lipinski definition) is 2. The molecule has 0 aliphatic heterocycles. The summed E-state index contributed by atoms with van der Waals surface area (Å²) in [6, 6.07) is 0. The maximum Gasteiger partial charge on any atom is 0.356 e. The first kappa shape index (κ1) is 8.97. The fraction of sp³-hybridized carbons (Fsp3) is 0. The highest BCUT2D eigenvalue weighted by atomic mass is 16.7. The van der Waals surface area contributed by atoms with E-state index in [1.807, 2.05) is 0 Å². The Hall–Kier alpha value is -2.03. The van der Waals surface area contributed by atoms with Crippen molar-refractivity contribution >= 4 is 11.9 Å². The van der Waals surface area contributed by atoms with Crippen LogP contribution in [0.3, 0.4) is 0 Å². The maximum absolute atomic E-state index is 10.3. The Morgan fingerprint density at radius 2 is 2.18 bits per heavy atom. The van der Waals surface area contributed by atoms with Crippen LogP contribution in [-0.2, 0) is 14.4 Å². The number of carboxylic acid groups (broad SMARTS) is 1. The molecular weight excluding hydrogens is 152 g/mol. The summed E-state index contributed by atoms with van der Waals surface area (Å²) in [6.07, 6.45) is 2.58. The Labute approximate surface area is 61.6 Å². The molecule has 0 saturated carbocycles. The largest absolute Gasteiger partial charge is 0.478 e. The average Bonchev–Trinajstić information content (AvgIpc) is 1.97. The molecule has 6 nitrogen and oxygen atoms in total. The lowest BCUT2D eigenvalue weighted by atomic mass is 10.5. The monoisotopic (exact) mass is 156 g/mol. The molecule has 0 spiro atoms. The van der Waals surface area contributed by atoms with Gasteiger partial charge in [0.2, 0.25) is 6.19 Å². The van der Waals surface area contributed by atoms with Crippen LogP contribution in [-0.4, -0.2) is 17.0 Å². The van der Waals surface area contributed by atoms with E-state index in [1.165, 1.54) is 6.19 Å². The van der Waals surface area contributed by atoms with Gasteiger partial charge in [0, 0.05) is 12.2 Å². The fourth-order valence-electron chi connectivity index (χ4n) is 0.246. The van der Waals surface area contributed by atoms with Crippen LogP contribution in [0.2, 0.25) is 0 Å². The zero-order valence-electron chi connectivity index (χ0n) is 5.27. The Morgan fingerprint density at radius 1 is 1.55 bits per heavy atom. The van der Waals surface area contributed by atoms with Gasteiger partial charge in [0.15, 0.2) is 0 Å². The first-order valence-electron chi connectivity index (χ1n) is 2.42. The van der Waals surface area contributed by atoms with Gasteiger partial charge in [-0.15, -0.1) is 0 Å². The number of carbonyl (C=O) groups is 2. The van der Waals surface area contributed by atoms with E-state index in [0.29, 0.717) is 12.2 Å². The van der Waals surface area contributed by atoms with Crippen molar-refractivity contribution in [3.05, 3.63) is 12.2 Å². The first-order valence-corrected chi connectivity index (χ1v) is 2.42. The summed E-state index contributed by atoms with van der Waals surface area (Å²) in [5.41, 5.74) is 1.58. The van der Waals surface area contributed by atoms with Crippen LogP contribution in [0.5, 0.6) is 0 Å². The molecule has 6 heteroatoms. The normalized spacial score (nSPS) is 8.64. The number of carbonyl (C=O) groups excluding carboxylic acids is 1. The minimum absolute atomic E-state index is 0.599. The Kier molecular flexibility index (Phi) is 3.92. The molecule has 0 aliphatic rings. The lowest BCUT2D eigenvalue weighted by molar-refractivity contribution is -0.143. The van der Waals surface area contributed by atoms with Crippen LogP contribution in [0.1, 0.15) is 0 Å². The highest BCUT2D eigenvalue weighted by Gasteiger charge is 1.95. The van der Waals surface area contributed by atoms with Crippen LogP contribution in [0.25, 0.3) is 0 Å². The van der Waals surface area contributed by atoms with Crippen molar-refractivity contribution in [1.82, 2.24) is 5.48 Å². The molecule has 0 rings (SSSR count). The molecule has 0 aromatic carbocycles. The molecule has 0 saturated heterocycles. The molecule has 0 amide bonds. The second-order valence-corrected chi connectivity index (χ2v) is 1.31. The standard InChI is InChI=1S/C5H4N2O4/c6-3-7-11-5(10)2-1-4(8)9/h1-2,7H,(H,8,9)/b2-1-. The second-order valence-electron chi connectivity index (χ2n) is 1.31. The van der Waals surface area contributed by atoms with E-state index in [1.54, 1.807) is 5.48 Å². The molecule has 0 aliphatic carbocycles. The molecule has 11 heavy (non-hydrogen) atoms. The highest BCUT2D eigenvalue weighted by Crippen LogP contribution is 1.77. The van der Waals surface area contributed by atoms with E-state index < -0.39 is 11.9 Å². The number of nitriles is 1. The van der Waals surface area contributed by atoms with Gasteiger partial charge in [0.05, 0.1) is 0 Å². The van der Waals surface area contributed by atoms with Gasteiger partial charge in [-0.3, -0.25) is 0 Å². The number of rotatable bonds is 3. The summed E-state index contributed by atoms with van der Waals surface area (Å²) < 4.78 is 0. The summed E-state index contributed by atoms with van der Waals surface area (Å²) in [5.74, 6) is -2.21. The molecule has 2 N–H and O–H groups in total. The van der Waals surface area contributed by atoms with Gasteiger partial charge in [0.25, 0.3) is 0 Å². The topological polar surface area (TPSA) is 99.4 Å². The average molecular weight is 156 g/mol. The van der Waals surface area contributed by atoms with Gasteiger partial charge in [-0.05, 0) is 0 Å². The lowest BCUT2D eigenvalue weighted by Crippen LogP contribution is -2.12. The Morgan fingerprint density at radius 3 is 2.64 bits per heavy atom. The first-order chi connectivity index (χ1) is 5.16. The number of carboxylic acids is 1. The number of aliphatic carboxylic acids is 1. The summed E-state index contributed by atoms with van der Waals surface area (Å²) >= 11 is 0. The van der Waals surface area contributed by atoms with Crippen LogP contribution in [0.15, 0.2) is 12.2 Å². The van der Waals surface area contributed by atoms with Gasteiger partial charge in [-0.25, -0.2) is 9.59 Å². The molecule has 0 aromatic rings. The van der Waals surface area contributed by atoms with Gasteiger partial charge < -0.3 is 9.94 Å². The lowest BCUT2D eigenvalue weighted by Gasteiger charge is -1.91. The third-order valence-electron chi connectivity index (χ3n) is 0.559. The van der Waals surface area contributed by atoms with Gasteiger partial charge in [-0.2, -0.15) is 10.7 Å². The van der Waals surface area contributed by atoms with Crippen LogP contribution >= 0.6 is 0 Å². The smallest absolute Gasteiger partial charge is 0.356 e. The van der Waals surface area contributed by atoms with Crippen LogP contribution < -0.4 is 5.48 Å². The number of hydrogen-bond acceptors (Lipinski definition) is 5. The third-order valence-corrected chi connectivity index (χ3v) is 0.559. The predicted octanol–water partition coefficient (Wildman–Crippen LogP) is -0.844. The molecule has 0 radical (unpaired) electrons. The number of nitrogens with one attached hydrogen (secondary N) is 1. The van der Waals surface area contributed by atoms with Gasteiger partial charge in [0.1, 0.15) is 0 Å². The predicted molar refractivity (Wildman–Crippen MR) is 31.6 cm³/mol. The van der Waals surface area contributed by atoms with E-state index in [4.69, 9.17) is 10.4 Å². The fourth-order valence-corrected chi connectivity index (χ4v) is 0.246. The molecule has 0 atom stereocenters. The Balaban J connectivity index is 3.71. The van der Waals surface area contributed by atoms with E-state index in [2.05, 4.69) is 4.84 Å². The summed E-state index contributed by atoms with van der Waals surface area (Å²) in [4.78, 5) is 24.1. The summed E-state index contributed by atoms with van der Waals surface area (Å²) in [5, 5.41) is 15.8. The van der Waals surface area contributed by atoms with Crippen molar-refractivity contribution in [3.63, 3.8) is 0 Å². The molecular formula is C5H4N2O4.